The fourth-order valence-corrected chi connectivity index (χ4v) is 4.26. The molecule has 3 fully saturated rings. The Kier molecular flexibility index (Phi) is 6.53. The second-order valence-electron chi connectivity index (χ2n) is 6.86. The Morgan fingerprint density at radius 1 is 1.31 bits per heavy atom. The number of aliphatic hydroxyl groups is 1. The van der Waals surface area contributed by atoms with Crippen LogP contribution in [-0.2, 0) is 9.53 Å². The minimum atomic E-state index is -0.860. The molecule has 3 aliphatic rings. The standard InChI is InChI=1S/C20H27NO4.BH3/c1-3-10-20(15-25-16-8-6-5-7-9-16)17(22)19(18(23)24-4-2)11-13-21(20)14-12-19;/h3,5-10,17,22H,4,11-15H2,1-2H3;1H3. The van der Waals surface area contributed by atoms with Crippen LogP contribution in [0.15, 0.2) is 42.5 Å². The molecule has 3 heterocycles. The van der Waals surface area contributed by atoms with E-state index in [1.165, 1.54) is 0 Å². The van der Waals surface area contributed by atoms with Crippen LogP contribution in [0, 0.1) is 5.41 Å². The Morgan fingerprint density at radius 3 is 2.54 bits per heavy atom. The second-order valence-corrected chi connectivity index (χ2v) is 6.86. The van der Waals surface area contributed by atoms with E-state index in [0.29, 0.717) is 26.1 Å². The van der Waals surface area contributed by atoms with Crippen LogP contribution < -0.4 is 4.74 Å². The number of carbonyl (C=O) groups is 1. The summed E-state index contributed by atoms with van der Waals surface area (Å²) in [4.78, 5) is 14.9. The number of rotatable bonds is 6. The molecule has 2 atom stereocenters. The van der Waals surface area contributed by atoms with E-state index in [4.69, 9.17) is 9.47 Å². The first kappa shape index (κ1) is 20.5. The van der Waals surface area contributed by atoms with Crippen LogP contribution in [0.5, 0.6) is 5.75 Å². The first-order chi connectivity index (χ1) is 12.1. The minimum Gasteiger partial charge on any atom is -0.491 e. The van der Waals surface area contributed by atoms with E-state index in [-0.39, 0.29) is 14.4 Å². The number of ether oxygens (including phenoxy) is 2. The lowest BCUT2D eigenvalue weighted by Gasteiger charge is -2.60. The van der Waals surface area contributed by atoms with Crippen LogP contribution in [-0.4, -0.2) is 62.3 Å². The van der Waals surface area contributed by atoms with Crippen molar-refractivity contribution < 1.29 is 19.4 Å². The maximum absolute atomic E-state index is 12.7. The van der Waals surface area contributed by atoms with Gasteiger partial charge in [-0.3, -0.25) is 9.69 Å². The molecule has 142 valence electrons. The van der Waals surface area contributed by atoms with Crippen molar-refractivity contribution in [3.8, 4) is 5.75 Å². The molecule has 3 aliphatic heterocycles. The summed E-state index contributed by atoms with van der Waals surface area (Å²) in [6.45, 7) is 5.85. The molecule has 3 saturated heterocycles. The van der Waals surface area contributed by atoms with Gasteiger partial charge in [-0.15, -0.1) is 0 Å². The maximum Gasteiger partial charge on any atom is 0.314 e. The third-order valence-electron chi connectivity index (χ3n) is 5.59. The van der Waals surface area contributed by atoms with E-state index in [0.717, 1.165) is 18.8 Å². The summed E-state index contributed by atoms with van der Waals surface area (Å²) < 4.78 is 11.3. The normalized spacial score (nSPS) is 32.9. The molecular formula is C20H30BNO4. The van der Waals surface area contributed by atoms with Gasteiger partial charge in [0.25, 0.3) is 0 Å². The van der Waals surface area contributed by atoms with Gasteiger partial charge < -0.3 is 14.6 Å². The van der Waals surface area contributed by atoms with Gasteiger partial charge in [0.1, 0.15) is 17.9 Å². The van der Waals surface area contributed by atoms with Crippen molar-refractivity contribution in [2.24, 2.45) is 5.41 Å². The number of hydrogen-bond acceptors (Lipinski definition) is 5. The van der Waals surface area contributed by atoms with Gasteiger partial charge in [0.15, 0.2) is 0 Å². The Labute approximate surface area is 157 Å². The predicted octanol–water partition coefficient (Wildman–Crippen LogP) is 1.22. The number of benzene rings is 1. The Hall–Kier alpha value is -1.79. The Morgan fingerprint density at radius 2 is 1.96 bits per heavy atom. The van der Waals surface area contributed by atoms with Gasteiger partial charge in [-0.1, -0.05) is 30.4 Å². The van der Waals surface area contributed by atoms with Crippen molar-refractivity contribution >= 4 is 14.4 Å². The number of fused-ring (bicyclic) bond motifs is 3. The van der Waals surface area contributed by atoms with Crippen LogP contribution in [0.2, 0.25) is 0 Å². The minimum absolute atomic E-state index is 0. The third-order valence-corrected chi connectivity index (χ3v) is 5.59. The quantitative estimate of drug-likeness (QED) is 0.470. The molecule has 0 aromatic heterocycles. The number of carbonyl (C=O) groups excluding carboxylic acids is 1. The molecule has 1 aromatic carbocycles. The number of aliphatic hydroxyl groups excluding tert-OH is 1. The van der Waals surface area contributed by atoms with E-state index in [1.807, 2.05) is 49.4 Å². The van der Waals surface area contributed by atoms with Crippen LogP contribution in [0.25, 0.3) is 0 Å². The van der Waals surface area contributed by atoms with Crippen molar-refractivity contribution in [1.29, 1.82) is 0 Å². The van der Waals surface area contributed by atoms with E-state index in [1.54, 1.807) is 6.92 Å². The molecule has 26 heavy (non-hydrogen) atoms. The zero-order valence-corrected chi connectivity index (χ0v) is 15.0. The van der Waals surface area contributed by atoms with Crippen molar-refractivity contribution in [3.05, 3.63) is 42.5 Å². The van der Waals surface area contributed by atoms with Gasteiger partial charge in [0.2, 0.25) is 0 Å². The summed E-state index contributed by atoms with van der Waals surface area (Å²) in [5.41, 5.74) is -1.56. The van der Waals surface area contributed by atoms with Gasteiger partial charge in [0, 0.05) is 13.1 Å². The number of piperidine rings is 3. The van der Waals surface area contributed by atoms with Crippen molar-refractivity contribution in [2.45, 2.75) is 38.3 Å². The fourth-order valence-electron chi connectivity index (χ4n) is 4.26. The predicted molar refractivity (Wildman–Crippen MR) is 105 cm³/mol. The lowest BCUT2D eigenvalue weighted by atomic mass is 9.61. The summed E-state index contributed by atoms with van der Waals surface area (Å²) in [7, 11) is 0. The van der Waals surface area contributed by atoms with Crippen LogP contribution in [0.3, 0.4) is 0 Å². The smallest absolute Gasteiger partial charge is 0.314 e. The molecule has 1 N–H and O–H groups in total. The number of hydrogen-bond donors (Lipinski definition) is 1. The van der Waals surface area contributed by atoms with Gasteiger partial charge in [-0.25, -0.2) is 0 Å². The lowest BCUT2D eigenvalue weighted by Crippen LogP contribution is -2.74. The largest absolute Gasteiger partial charge is 0.491 e. The summed E-state index contributed by atoms with van der Waals surface area (Å²) in [6, 6.07) is 9.56. The summed E-state index contributed by atoms with van der Waals surface area (Å²) in [5.74, 6) is 0.474. The SMILES string of the molecule is B.CC=CC1(COc2ccccc2)C(O)C2(C(=O)OCC)CCN1CC2. The van der Waals surface area contributed by atoms with E-state index in [9.17, 15) is 9.90 Å². The zero-order valence-electron chi connectivity index (χ0n) is 15.0. The summed E-state index contributed by atoms with van der Waals surface area (Å²) in [6.07, 6.45) is 4.29. The highest BCUT2D eigenvalue weighted by atomic mass is 16.5. The van der Waals surface area contributed by atoms with E-state index < -0.39 is 17.1 Å². The lowest BCUT2D eigenvalue weighted by molar-refractivity contribution is -0.203. The zero-order chi connectivity index (χ0) is 17.9. The molecule has 1 aromatic rings. The number of allylic oxidation sites excluding steroid dienone is 1. The van der Waals surface area contributed by atoms with Crippen LogP contribution >= 0.6 is 0 Å². The average molecular weight is 359 g/mol. The topological polar surface area (TPSA) is 59.0 Å². The monoisotopic (exact) mass is 359 g/mol. The molecular weight excluding hydrogens is 329 g/mol. The van der Waals surface area contributed by atoms with Crippen molar-refractivity contribution in [1.82, 2.24) is 4.90 Å². The molecule has 6 heteroatoms. The molecule has 4 rings (SSSR count). The molecule has 0 aliphatic carbocycles. The van der Waals surface area contributed by atoms with Gasteiger partial charge in [-0.05, 0) is 38.8 Å². The van der Waals surface area contributed by atoms with Crippen molar-refractivity contribution in [2.75, 3.05) is 26.3 Å². The Balaban J connectivity index is 0.00000243. The van der Waals surface area contributed by atoms with Crippen molar-refractivity contribution in [3.63, 3.8) is 0 Å². The highest BCUT2D eigenvalue weighted by Crippen LogP contribution is 2.50. The Bertz CT molecular complexity index is 628. The first-order valence-corrected chi connectivity index (χ1v) is 9.01. The van der Waals surface area contributed by atoms with Gasteiger partial charge >= 0.3 is 5.97 Å². The third kappa shape index (κ3) is 3.28. The highest BCUT2D eigenvalue weighted by molar-refractivity contribution is 5.79. The van der Waals surface area contributed by atoms with E-state index in [2.05, 4.69) is 4.90 Å². The first-order valence-electron chi connectivity index (χ1n) is 9.01. The van der Waals surface area contributed by atoms with Gasteiger partial charge in [-0.2, -0.15) is 0 Å². The number of nitrogens with zero attached hydrogens (tertiary/aromatic N) is 1. The average Bonchev–Trinajstić information content (AvgIpc) is 2.65. The number of esters is 1. The molecule has 0 saturated carbocycles. The summed E-state index contributed by atoms with van der Waals surface area (Å²) in [5, 5.41) is 11.3. The molecule has 0 amide bonds. The van der Waals surface area contributed by atoms with E-state index >= 15 is 0 Å². The van der Waals surface area contributed by atoms with Gasteiger partial charge in [0.05, 0.1) is 26.5 Å². The summed E-state index contributed by atoms with van der Waals surface area (Å²) >= 11 is 0. The van der Waals surface area contributed by atoms with Crippen LogP contribution in [0.4, 0.5) is 0 Å². The maximum atomic E-state index is 12.7. The van der Waals surface area contributed by atoms with Crippen LogP contribution in [0.1, 0.15) is 26.7 Å². The fraction of sp³-hybridized carbons (Fsp3) is 0.550. The highest BCUT2D eigenvalue weighted by Gasteiger charge is 2.63. The molecule has 2 bridgehead atoms. The number of para-hydroxylation sites is 1. The molecule has 5 nitrogen and oxygen atoms in total. The molecule has 0 radical (unpaired) electrons. The second kappa shape index (κ2) is 8.27. The molecule has 2 unspecified atom stereocenters. The molecule has 0 spiro atoms.